The quantitative estimate of drug-likeness (QED) is 0.531. The number of carbonyl (C=O) groups excluding carboxylic acids is 2. The molecule has 2 aromatic carbocycles. The molecule has 148 valence electrons. The number of hydrogen-bond donors (Lipinski definition) is 0. The van der Waals surface area contributed by atoms with Crippen LogP contribution in [0.2, 0.25) is 0 Å². The smallest absolute Gasteiger partial charge is 0.343 e. The summed E-state index contributed by atoms with van der Waals surface area (Å²) in [5.41, 5.74) is 1.95. The highest BCUT2D eigenvalue weighted by molar-refractivity contribution is 5.94. The van der Waals surface area contributed by atoms with Gasteiger partial charge in [-0.25, -0.2) is 9.59 Å². The van der Waals surface area contributed by atoms with Gasteiger partial charge < -0.3 is 9.47 Å². The summed E-state index contributed by atoms with van der Waals surface area (Å²) >= 11 is 0. The van der Waals surface area contributed by atoms with Crippen molar-refractivity contribution in [3.63, 3.8) is 0 Å². The second-order valence-corrected chi connectivity index (χ2v) is 8.57. The summed E-state index contributed by atoms with van der Waals surface area (Å²) in [5, 5.41) is 0. The molecule has 0 bridgehead atoms. The molecule has 4 nitrogen and oxygen atoms in total. The van der Waals surface area contributed by atoms with Crippen LogP contribution in [0.5, 0.6) is 11.5 Å². The van der Waals surface area contributed by atoms with Crippen molar-refractivity contribution in [1.29, 1.82) is 0 Å². The first-order chi connectivity index (χ1) is 13.8. The molecule has 4 heteroatoms. The van der Waals surface area contributed by atoms with Crippen molar-refractivity contribution in [2.75, 3.05) is 0 Å². The monoisotopic (exact) mass is 388 g/mol. The van der Waals surface area contributed by atoms with E-state index in [1.54, 1.807) is 36.4 Å². The summed E-state index contributed by atoms with van der Waals surface area (Å²) in [6.45, 7) is 6.22. The molecular weight excluding hydrogens is 364 g/mol. The Morgan fingerprint density at radius 2 is 1.66 bits per heavy atom. The molecule has 0 heterocycles. The van der Waals surface area contributed by atoms with Gasteiger partial charge in [0.2, 0.25) is 0 Å². The van der Waals surface area contributed by atoms with Crippen molar-refractivity contribution in [3.8, 4) is 11.5 Å². The summed E-state index contributed by atoms with van der Waals surface area (Å²) in [6, 6.07) is 14.1. The largest absolute Gasteiger partial charge is 0.419 e. The summed E-state index contributed by atoms with van der Waals surface area (Å²) in [7, 11) is 0. The number of ether oxygens (including phenoxy) is 2. The average Bonchev–Trinajstić information content (AvgIpc) is 3.48. The minimum atomic E-state index is -0.490. The highest BCUT2D eigenvalue weighted by Gasteiger charge is 2.42. The number of carbonyl (C=O) groups is 2. The maximum atomic E-state index is 12.7. The number of rotatable bonds is 4. The molecule has 2 aliphatic carbocycles. The Morgan fingerprint density at radius 1 is 0.931 bits per heavy atom. The van der Waals surface area contributed by atoms with Crippen molar-refractivity contribution < 1.29 is 19.1 Å². The Morgan fingerprint density at radius 3 is 2.38 bits per heavy atom. The van der Waals surface area contributed by atoms with Crippen molar-refractivity contribution in [2.45, 2.75) is 32.6 Å². The fourth-order valence-electron chi connectivity index (χ4n) is 3.46. The van der Waals surface area contributed by atoms with Gasteiger partial charge in [-0.15, -0.1) is 0 Å². The zero-order valence-electron chi connectivity index (χ0n) is 16.8. The molecule has 0 aliphatic heterocycles. The molecule has 0 aromatic heterocycles. The summed E-state index contributed by atoms with van der Waals surface area (Å²) < 4.78 is 11.3. The molecule has 2 atom stereocenters. The second-order valence-electron chi connectivity index (χ2n) is 8.57. The van der Waals surface area contributed by atoms with Crippen LogP contribution in [0.15, 0.2) is 72.3 Å². The van der Waals surface area contributed by atoms with E-state index in [0.29, 0.717) is 17.1 Å². The Labute approximate surface area is 170 Å². The zero-order chi connectivity index (χ0) is 20.6. The van der Waals surface area contributed by atoms with Gasteiger partial charge in [-0.2, -0.15) is 0 Å². The molecule has 0 amide bonds. The topological polar surface area (TPSA) is 52.6 Å². The van der Waals surface area contributed by atoms with Crippen LogP contribution < -0.4 is 9.47 Å². The molecule has 1 saturated carbocycles. The van der Waals surface area contributed by atoms with E-state index in [1.165, 1.54) is 0 Å². The molecule has 0 radical (unpaired) electrons. The molecule has 0 N–H and O–H groups in total. The lowest BCUT2D eigenvalue weighted by Crippen LogP contribution is -2.17. The third-order valence-corrected chi connectivity index (χ3v) is 5.33. The van der Waals surface area contributed by atoms with Crippen LogP contribution in [-0.4, -0.2) is 11.9 Å². The fourth-order valence-corrected chi connectivity index (χ4v) is 3.46. The molecule has 2 unspecified atom stereocenters. The van der Waals surface area contributed by atoms with E-state index in [1.807, 2.05) is 24.3 Å². The minimum Gasteiger partial charge on any atom is -0.419 e. The normalized spacial score (nSPS) is 19.8. The Hall–Kier alpha value is -3.14. The molecule has 2 aromatic rings. The lowest BCUT2D eigenvalue weighted by molar-refractivity contribution is -0.130. The number of hydrogen-bond acceptors (Lipinski definition) is 4. The molecular formula is C25H24O4. The standard InChI is InChI=1S/C25H24O4/c1-25(2,3)18-12-13-21(28-24(27)19-11-7-10-17-14-20(17)19)22(15-18)29-23(26)16-8-5-4-6-9-16/h4-13,15,17,20H,14H2,1-3H3. The number of esters is 2. The predicted molar refractivity (Wildman–Crippen MR) is 111 cm³/mol. The van der Waals surface area contributed by atoms with Gasteiger partial charge in [0.25, 0.3) is 0 Å². The lowest BCUT2D eigenvalue weighted by atomic mass is 9.87. The SMILES string of the molecule is CC(C)(C)c1ccc(OC(=O)C2=CC=CC3CC23)c(OC(=O)c2ccccc2)c1. The predicted octanol–water partition coefficient (Wildman–Crippen LogP) is 5.24. The highest BCUT2D eigenvalue weighted by atomic mass is 16.6. The maximum absolute atomic E-state index is 12.7. The van der Waals surface area contributed by atoms with Gasteiger partial charge in [-0.1, -0.05) is 63.3 Å². The van der Waals surface area contributed by atoms with E-state index in [0.717, 1.165) is 12.0 Å². The first-order valence-corrected chi connectivity index (χ1v) is 9.85. The van der Waals surface area contributed by atoms with Gasteiger partial charge in [-0.05, 0) is 53.5 Å². The fraction of sp³-hybridized carbons (Fsp3) is 0.280. The van der Waals surface area contributed by atoms with Gasteiger partial charge in [-0.3, -0.25) is 0 Å². The average molecular weight is 388 g/mol. The number of benzene rings is 2. The molecule has 1 fully saturated rings. The first-order valence-electron chi connectivity index (χ1n) is 9.85. The van der Waals surface area contributed by atoms with E-state index in [4.69, 9.17) is 9.47 Å². The molecule has 29 heavy (non-hydrogen) atoms. The highest BCUT2D eigenvalue weighted by Crippen LogP contribution is 2.48. The van der Waals surface area contributed by atoms with Crippen LogP contribution in [0.4, 0.5) is 0 Å². The number of allylic oxidation sites excluding steroid dienone is 3. The summed E-state index contributed by atoms with van der Waals surface area (Å²) in [5.74, 6) is 0.315. The van der Waals surface area contributed by atoms with Gasteiger partial charge in [0.05, 0.1) is 5.56 Å². The van der Waals surface area contributed by atoms with E-state index in [2.05, 4.69) is 26.8 Å². The molecule has 0 saturated heterocycles. The maximum Gasteiger partial charge on any atom is 0.343 e. The van der Waals surface area contributed by atoms with Crippen LogP contribution in [-0.2, 0) is 10.2 Å². The van der Waals surface area contributed by atoms with Crippen LogP contribution >= 0.6 is 0 Å². The van der Waals surface area contributed by atoms with Crippen molar-refractivity contribution >= 4 is 11.9 Å². The van der Waals surface area contributed by atoms with Gasteiger partial charge >= 0.3 is 11.9 Å². The van der Waals surface area contributed by atoms with Crippen molar-refractivity contribution in [3.05, 3.63) is 83.5 Å². The second kappa shape index (κ2) is 7.36. The molecule has 2 aliphatic rings. The van der Waals surface area contributed by atoms with Gasteiger partial charge in [0, 0.05) is 5.57 Å². The van der Waals surface area contributed by atoms with E-state index >= 15 is 0 Å². The van der Waals surface area contributed by atoms with E-state index in [-0.39, 0.29) is 28.8 Å². The summed E-state index contributed by atoms with van der Waals surface area (Å²) in [6.07, 6.45) is 6.82. The van der Waals surface area contributed by atoms with Crippen LogP contribution in [0.3, 0.4) is 0 Å². The Balaban J connectivity index is 1.62. The Kier molecular flexibility index (Phi) is 4.87. The van der Waals surface area contributed by atoms with Crippen LogP contribution in [0.1, 0.15) is 43.1 Å². The van der Waals surface area contributed by atoms with Crippen LogP contribution in [0, 0.1) is 11.8 Å². The molecule has 0 spiro atoms. The number of fused-ring (bicyclic) bond motifs is 1. The van der Waals surface area contributed by atoms with Gasteiger partial charge in [0.15, 0.2) is 11.5 Å². The van der Waals surface area contributed by atoms with Crippen LogP contribution in [0.25, 0.3) is 0 Å². The van der Waals surface area contributed by atoms with Gasteiger partial charge in [0.1, 0.15) is 0 Å². The zero-order valence-corrected chi connectivity index (χ0v) is 16.8. The molecule has 4 rings (SSSR count). The third kappa shape index (κ3) is 4.16. The summed E-state index contributed by atoms with van der Waals surface area (Å²) in [4.78, 5) is 25.3. The first kappa shape index (κ1) is 19.2. The van der Waals surface area contributed by atoms with Crippen molar-refractivity contribution in [2.24, 2.45) is 11.8 Å². The lowest BCUT2D eigenvalue weighted by Gasteiger charge is -2.21. The van der Waals surface area contributed by atoms with E-state index < -0.39 is 5.97 Å². The van der Waals surface area contributed by atoms with Crippen molar-refractivity contribution in [1.82, 2.24) is 0 Å². The Bertz CT molecular complexity index is 1010. The minimum absolute atomic E-state index is 0.144. The third-order valence-electron chi connectivity index (χ3n) is 5.33. The van der Waals surface area contributed by atoms with E-state index in [9.17, 15) is 9.59 Å².